The SMILES string of the molecule is Nc1n[nH]c(C2CC3CC3C2)c1-c1cccs1. The number of anilines is 1. The number of nitrogens with zero attached hydrogens (tertiary/aromatic N) is 1. The van der Waals surface area contributed by atoms with Gasteiger partial charge in [0.1, 0.15) is 0 Å². The molecule has 2 saturated carbocycles. The molecule has 2 fully saturated rings. The van der Waals surface area contributed by atoms with Gasteiger partial charge in [-0.25, -0.2) is 0 Å². The molecule has 2 atom stereocenters. The van der Waals surface area contributed by atoms with Gasteiger partial charge in [0.25, 0.3) is 0 Å². The number of hydrogen-bond donors (Lipinski definition) is 2. The molecule has 0 aromatic carbocycles. The highest BCUT2D eigenvalue weighted by atomic mass is 32.1. The molecule has 0 spiro atoms. The lowest BCUT2D eigenvalue weighted by molar-refractivity contribution is 0.608. The van der Waals surface area contributed by atoms with Crippen LogP contribution in [0.4, 0.5) is 5.82 Å². The number of nitrogens with one attached hydrogen (secondary N) is 1. The van der Waals surface area contributed by atoms with Gasteiger partial charge in [-0.05, 0) is 42.5 Å². The molecule has 2 unspecified atom stereocenters. The van der Waals surface area contributed by atoms with Crippen LogP contribution in [0.25, 0.3) is 10.4 Å². The van der Waals surface area contributed by atoms with Gasteiger partial charge in [-0.1, -0.05) is 6.07 Å². The fourth-order valence-electron chi connectivity index (χ4n) is 3.30. The molecule has 2 aromatic heterocycles. The first-order valence-corrected chi connectivity index (χ1v) is 7.08. The standard InChI is InChI=1S/C13H15N3S/c14-13-11(10-2-1-3-17-10)12(15-16-13)9-5-7-4-8(7)6-9/h1-3,7-9H,4-6H2,(H3,14,15,16). The van der Waals surface area contributed by atoms with Crippen molar-refractivity contribution >= 4 is 17.2 Å². The Morgan fingerprint density at radius 3 is 2.82 bits per heavy atom. The van der Waals surface area contributed by atoms with Gasteiger partial charge in [0.05, 0.1) is 5.56 Å². The minimum Gasteiger partial charge on any atom is -0.382 e. The second kappa shape index (κ2) is 3.35. The Bertz CT molecular complexity index is 533. The molecule has 3 N–H and O–H groups in total. The normalized spacial score (nSPS) is 30.5. The Balaban J connectivity index is 1.76. The van der Waals surface area contributed by atoms with E-state index in [1.807, 2.05) is 0 Å². The molecule has 2 aliphatic carbocycles. The van der Waals surface area contributed by atoms with Gasteiger partial charge in [0, 0.05) is 16.5 Å². The smallest absolute Gasteiger partial charge is 0.154 e. The number of aromatic amines is 1. The summed E-state index contributed by atoms with van der Waals surface area (Å²) < 4.78 is 0. The molecule has 3 nitrogen and oxygen atoms in total. The number of aromatic nitrogens is 2. The second-order valence-electron chi connectivity index (χ2n) is 5.30. The average molecular weight is 245 g/mol. The van der Waals surface area contributed by atoms with Crippen molar-refractivity contribution < 1.29 is 0 Å². The first kappa shape index (κ1) is 9.71. The van der Waals surface area contributed by atoms with Crippen molar-refractivity contribution in [2.24, 2.45) is 11.8 Å². The van der Waals surface area contributed by atoms with Gasteiger partial charge < -0.3 is 5.73 Å². The van der Waals surface area contributed by atoms with Gasteiger partial charge in [0.15, 0.2) is 5.82 Å². The van der Waals surface area contributed by atoms with Gasteiger partial charge in [-0.3, -0.25) is 5.10 Å². The highest BCUT2D eigenvalue weighted by molar-refractivity contribution is 7.13. The van der Waals surface area contributed by atoms with Crippen LogP contribution in [0.2, 0.25) is 0 Å². The van der Waals surface area contributed by atoms with Crippen molar-refractivity contribution in [3.05, 3.63) is 23.2 Å². The summed E-state index contributed by atoms with van der Waals surface area (Å²) in [4.78, 5) is 1.24. The molecule has 4 rings (SSSR count). The van der Waals surface area contributed by atoms with Crippen LogP contribution < -0.4 is 5.73 Å². The maximum Gasteiger partial charge on any atom is 0.154 e. The molecule has 0 amide bonds. The largest absolute Gasteiger partial charge is 0.382 e. The van der Waals surface area contributed by atoms with Gasteiger partial charge in [-0.15, -0.1) is 11.3 Å². The van der Waals surface area contributed by atoms with E-state index in [9.17, 15) is 0 Å². The third kappa shape index (κ3) is 1.43. The van der Waals surface area contributed by atoms with E-state index in [2.05, 4.69) is 27.7 Å². The lowest BCUT2D eigenvalue weighted by atomic mass is 9.96. The van der Waals surface area contributed by atoms with E-state index >= 15 is 0 Å². The Hall–Kier alpha value is -1.29. The Labute approximate surface area is 104 Å². The number of rotatable bonds is 2. The number of thiophene rings is 1. The topological polar surface area (TPSA) is 54.7 Å². The summed E-state index contributed by atoms with van der Waals surface area (Å²) in [5.41, 5.74) is 8.44. The van der Waals surface area contributed by atoms with Crippen LogP contribution in [0.3, 0.4) is 0 Å². The van der Waals surface area contributed by atoms with Crippen LogP contribution in [0, 0.1) is 11.8 Å². The van der Waals surface area contributed by atoms with Crippen LogP contribution in [-0.2, 0) is 0 Å². The van der Waals surface area contributed by atoms with Crippen molar-refractivity contribution in [2.45, 2.75) is 25.2 Å². The third-order valence-electron chi connectivity index (χ3n) is 4.24. The highest BCUT2D eigenvalue weighted by Crippen LogP contribution is 2.58. The molecule has 0 bridgehead atoms. The number of nitrogens with two attached hydrogens (primary N) is 1. The minimum atomic E-state index is 0.653. The molecule has 0 saturated heterocycles. The molecule has 0 radical (unpaired) electrons. The highest BCUT2D eigenvalue weighted by Gasteiger charge is 2.47. The average Bonchev–Trinajstić information content (AvgIpc) is 2.82. The fraction of sp³-hybridized carbons (Fsp3) is 0.462. The summed E-state index contributed by atoms with van der Waals surface area (Å²) in [6.45, 7) is 0. The maximum absolute atomic E-state index is 6.01. The minimum absolute atomic E-state index is 0.653. The number of fused-ring (bicyclic) bond motifs is 1. The zero-order valence-electron chi connectivity index (χ0n) is 9.52. The summed E-state index contributed by atoms with van der Waals surface area (Å²) in [7, 11) is 0. The fourth-order valence-corrected chi connectivity index (χ4v) is 4.09. The number of hydrogen-bond acceptors (Lipinski definition) is 3. The zero-order chi connectivity index (χ0) is 11.4. The monoisotopic (exact) mass is 245 g/mol. The predicted octanol–water partition coefficient (Wildman–Crippen LogP) is 3.23. The molecule has 2 aromatic rings. The molecular weight excluding hydrogens is 230 g/mol. The number of H-pyrrole nitrogens is 1. The van der Waals surface area contributed by atoms with E-state index in [-0.39, 0.29) is 0 Å². The van der Waals surface area contributed by atoms with Crippen LogP contribution in [0.1, 0.15) is 30.9 Å². The Morgan fingerprint density at radius 2 is 2.12 bits per heavy atom. The van der Waals surface area contributed by atoms with E-state index in [0.717, 1.165) is 17.4 Å². The summed E-state index contributed by atoms with van der Waals surface area (Å²) in [5.74, 6) is 3.28. The molecule has 0 aliphatic heterocycles. The van der Waals surface area contributed by atoms with Gasteiger partial charge in [-0.2, -0.15) is 5.10 Å². The molecule has 2 aliphatic rings. The predicted molar refractivity (Wildman–Crippen MR) is 69.9 cm³/mol. The summed E-state index contributed by atoms with van der Waals surface area (Å²) in [5, 5.41) is 9.49. The van der Waals surface area contributed by atoms with Gasteiger partial charge >= 0.3 is 0 Å². The maximum atomic E-state index is 6.01. The van der Waals surface area contributed by atoms with E-state index in [4.69, 9.17) is 5.73 Å². The van der Waals surface area contributed by atoms with E-state index in [0.29, 0.717) is 11.7 Å². The van der Waals surface area contributed by atoms with Crippen molar-refractivity contribution in [1.29, 1.82) is 0 Å². The van der Waals surface area contributed by atoms with Crippen LogP contribution in [0.15, 0.2) is 17.5 Å². The first-order chi connectivity index (χ1) is 8.33. The van der Waals surface area contributed by atoms with Crippen LogP contribution >= 0.6 is 11.3 Å². The molecule has 4 heteroatoms. The van der Waals surface area contributed by atoms with E-state index in [1.54, 1.807) is 11.3 Å². The summed E-state index contributed by atoms with van der Waals surface area (Å²) in [6.07, 6.45) is 4.10. The molecule has 17 heavy (non-hydrogen) atoms. The zero-order valence-corrected chi connectivity index (χ0v) is 10.3. The number of nitrogen functional groups attached to an aromatic ring is 1. The Morgan fingerprint density at radius 1 is 1.29 bits per heavy atom. The molecule has 2 heterocycles. The van der Waals surface area contributed by atoms with Crippen molar-refractivity contribution in [1.82, 2.24) is 10.2 Å². The first-order valence-electron chi connectivity index (χ1n) is 6.20. The molecular formula is C13H15N3S. The Kier molecular flexibility index (Phi) is 1.92. The van der Waals surface area contributed by atoms with Crippen LogP contribution in [-0.4, -0.2) is 10.2 Å². The summed E-state index contributed by atoms with van der Waals surface area (Å²) in [6, 6.07) is 4.20. The molecule has 88 valence electrons. The summed E-state index contributed by atoms with van der Waals surface area (Å²) >= 11 is 1.74. The second-order valence-corrected chi connectivity index (χ2v) is 6.25. The van der Waals surface area contributed by atoms with Crippen molar-refractivity contribution in [2.75, 3.05) is 5.73 Å². The van der Waals surface area contributed by atoms with Crippen LogP contribution in [0.5, 0.6) is 0 Å². The van der Waals surface area contributed by atoms with E-state index < -0.39 is 0 Å². The lowest BCUT2D eigenvalue weighted by Gasteiger charge is -2.11. The quantitative estimate of drug-likeness (QED) is 0.853. The van der Waals surface area contributed by atoms with Crippen molar-refractivity contribution in [3.63, 3.8) is 0 Å². The van der Waals surface area contributed by atoms with E-state index in [1.165, 1.54) is 29.8 Å². The lowest BCUT2D eigenvalue weighted by Crippen LogP contribution is -1.98. The van der Waals surface area contributed by atoms with Crippen molar-refractivity contribution in [3.8, 4) is 10.4 Å². The van der Waals surface area contributed by atoms with Gasteiger partial charge in [0.2, 0.25) is 0 Å². The third-order valence-corrected chi connectivity index (χ3v) is 5.13.